The fraction of sp³-hybridized carbons (Fsp3) is 0.949. The predicted octanol–water partition coefficient (Wildman–Crippen LogP) is 19.3. The summed E-state index contributed by atoms with van der Waals surface area (Å²) >= 11 is 0. The van der Waals surface area contributed by atoms with Crippen LogP contribution < -0.4 is 0 Å². The van der Waals surface area contributed by atoms with Crippen LogP contribution in [0.4, 0.5) is 0 Å². The third-order valence-corrected chi connectivity index (χ3v) is 13.8. The van der Waals surface area contributed by atoms with Gasteiger partial charge in [0.1, 0.15) is 13.2 Å². The Morgan fingerprint density at radius 1 is 0.323 bits per heavy atom. The van der Waals surface area contributed by atoms with E-state index in [0.717, 1.165) is 69.6 Å². The maximum absolute atomic E-state index is 12.8. The van der Waals surface area contributed by atoms with Gasteiger partial charge in [-0.2, -0.15) is 0 Å². The van der Waals surface area contributed by atoms with Gasteiger partial charge in [-0.05, 0) is 31.1 Å². The zero-order chi connectivity index (χ0) is 47.5. The summed E-state index contributed by atoms with van der Waals surface area (Å²) in [6.45, 7) is 11.4. The molecule has 0 saturated heterocycles. The molecule has 65 heavy (non-hydrogen) atoms. The number of unbranched alkanes of at least 4 members (excludes halogenated alkanes) is 37. The molecule has 0 amide bonds. The molecule has 0 aliphatic heterocycles. The van der Waals surface area contributed by atoms with Crippen molar-refractivity contribution < 1.29 is 28.6 Å². The van der Waals surface area contributed by atoms with Crippen molar-refractivity contribution in [3.63, 3.8) is 0 Å². The fourth-order valence-electron chi connectivity index (χ4n) is 9.02. The molecule has 0 spiro atoms. The van der Waals surface area contributed by atoms with E-state index in [1.54, 1.807) is 0 Å². The van der Waals surface area contributed by atoms with Gasteiger partial charge in [0.2, 0.25) is 0 Å². The summed E-state index contributed by atoms with van der Waals surface area (Å²) in [4.78, 5) is 38.2. The van der Waals surface area contributed by atoms with Crippen molar-refractivity contribution in [2.24, 2.45) is 11.8 Å². The molecule has 0 aromatic carbocycles. The summed E-state index contributed by atoms with van der Waals surface area (Å²) in [5.74, 6) is 0.878. The second-order valence-corrected chi connectivity index (χ2v) is 21.0. The molecule has 0 aromatic rings. The third-order valence-electron chi connectivity index (χ3n) is 13.8. The van der Waals surface area contributed by atoms with E-state index in [1.165, 1.54) is 218 Å². The lowest BCUT2D eigenvalue weighted by molar-refractivity contribution is -0.167. The Labute approximate surface area is 406 Å². The highest BCUT2D eigenvalue weighted by Gasteiger charge is 2.19. The average Bonchev–Trinajstić information content (AvgIpc) is 3.29. The van der Waals surface area contributed by atoms with E-state index in [2.05, 4.69) is 34.6 Å². The number of hydrogen-bond acceptors (Lipinski definition) is 6. The van der Waals surface area contributed by atoms with Crippen LogP contribution in [0, 0.1) is 11.8 Å². The van der Waals surface area contributed by atoms with E-state index in [0.29, 0.717) is 19.3 Å². The standard InChI is InChI=1S/C59H114O6/c1-6-8-9-10-11-12-13-14-16-20-23-29-34-39-44-49-57(60)63-52-56(65-59(62)51-46-41-36-31-26-25-28-33-38-43-48-55(5)7-2)53-64-58(61)50-45-40-35-30-24-21-18-15-17-19-22-27-32-37-42-47-54(3)4/h54-56H,6-53H2,1-5H3/t55?,56-/m0/s1. The molecule has 0 heterocycles. The van der Waals surface area contributed by atoms with E-state index in [-0.39, 0.29) is 31.1 Å². The van der Waals surface area contributed by atoms with Crippen LogP contribution in [0.25, 0.3) is 0 Å². The van der Waals surface area contributed by atoms with Gasteiger partial charge in [0.15, 0.2) is 6.10 Å². The van der Waals surface area contributed by atoms with Gasteiger partial charge >= 0.3 is 17.9 Å². The molecule has 0 fully saturated rings. The maximum atomic E-state index is 12.8. The summed E-state index contributed by atoms with van der Waals surface area (Å²) in [6.07, 6.45) is 55.1. The Kier molecular flexibility index (Phi) is 50.5. The first-order valence-electron chi connectivity index (χ1n) is 29.3. The highest BCUT2D eigenvalue weighted by Crippen LogP contribution is 2.19. The lowest BCUT2D eigenvalue weighted by Crippen LogP contribution is -2.30. The first-order valence-corrected chi connectivity index (χ1v) is 29.3. The zero-order valence-corrected chi connectivity index (χ0v) is 44.6. The predicted molar refractivity (Wildman–Crippen MR) is 280 cm³/mol. The second kappa shape index (κ2) is 51.8. The van der Waals surface area contributed by atoms with E-state index in [1.807, 2.05) is 0 Å². The van der Waals surface area contributed by atoms with Crippen molar-refractivity contribution in [3.05, 3.63) is 0 Å². The van der Waals surface area contributed by atoms with Gasteiger partial charge in [-0.3, -0.25) is 14.4 Å². The van der Waals surface area contributed by atoms with Crippen LogP contribution in [0.3, 0.4) is 0 Å². The Morgan fingerprint density at radius 3 is 0.877 bits per heavy atom. The molecule has 0 rings (SSSR count). The van der Waals surface area contributed by atoms with Gasteiger partial charge < -0.3 is 14.2 Å². The molecular weight excluding hydrogens is 805 g/mol. The maximum Gasteiger partial charge on any atom is 0.306 e. The van der Waals surface area contributed by atoms with Crippen LogP contribution in [-0.4, -0.2) is 37.2 Å². The fourth-order valence-corrected chi connectivity index (χ4v) is 9.02. The van der Waals surface area contributed by atoms with Crippen LogP contribution in [0.2, 0.25) is 0 Å². The number of carbonyl (C=O) groups is 3. The molecule has 0 N–H and O–H groups in total. The summed E-state index contributed by atoms with van der Waals surface area (Å²) in [6, 6.07) is 0. The third kappa shape index (κ3) is 51.6. The van der Waals surface area contributed by atoms with Crippen LogP contribution in [0.15, 0.2) is 0 Å². The van der Waals surface area contributed by atoms with Crippen LogP contribution in [-0.2, 0) is 28.6 Å². The number of ether oxygens (including phenoxy) is 3. The topological polar surface area (TPSA) is 78.9 Å². The molecule has 0 aromatic heterocycles. The average molecular weight is 920 g/mol. The largest absolute Gasteiger partial charge is 0.462 e. The second-order valence-electron chi connectivity index (χ2n) is 21.0. The van der Waals surface area contributed by atoms with Crippen LogP contribution in [0.1, 0.15) is 330 Å². The van der Waals surface area contributed by atoms with Crippen molar-refractivity contribution in [2.75, 3.05) is 13.2 Å². The van der Waals surface area contributed by atoms with E-state index in [9.17, 15) is 14.4 Å². The van der Waals surface area contributed by atoms with Gasteiger partial charge in [-0.15, -0.1) is 0 Å². The molecule has 0 saturated carbocycles. The van der Waals surface area contributed by atoms with Crippen molar-refractivity contribution >= 4 is 17.9 Å². The van der Waals surface area contributed by atoms with Gasteiger partial charge in [-0.1, -0.05) is 291 Å². The molecule has 0 aliphatic carbocycles. The Bertz CT molecular complexity index is 995. The van der Waals surface area contributed by atoms with Crippen molar-refractivity contribution in [1.82, 2.24) is 0 Å². The summed E-state index contributed by atoms with van der Waals surface area (Å²) in [5.41, 5.74) is 0. The first-order chi connectivity index (χ1) is 31.8. The number of carbonyl (C=O) groups excluding carboxylic acids is 3. The molecular formula is C59H114O6. The number of hydrogen-bond donors (Lipinski definition) is 0. The van der Waals surface area contributed by atoms with E-state index in [4.69, 9.17) is 14.2 Å². The first kappa shape index (κ1) is 63.4. The Balaban J connectivity index is 4.29. The van der Waals surface area contributed by atoms with Crippen LogP contribution >= 0.6 is 0 Å². The molecule has 6 heteroatoms. The molecule has 0 radical (unpaired) electrons. The minimum atomic E-state index is -0.763. The monoisotopic (exact) mass is 919 g/mol. The van der Waals surface area contributed by atoms with Gasteiger partial charge in [0, 0.05) is 19.3 Å². The molecule has 6 nitrogen and oxygen atoms in total. The quantitative estimate of drug-likeness (QED) is 0.0344. The molecule has 386 valence electrons. The van der Waals surface area contributed by atoms with Crippen molar-refractivity contribution in [2.45, 2.75) is 336 Å². The summed E-state index contributed by atoms with van der Waals surface area (Å²) < 4.78 is 16.9. The Morgan fingerprint density at radius 2 is 0.585 bits per heavy atom. The SMILES string of the molecule is CCCCCCCCCCCCCCCCCC(=O)OC[C@@H](COC(=O)CCCCCCCCCCCCCCCCCC(C)C)OC(=O)CCCCCCCCCCCCC(C)CC. The lowest BCUT2D eigenvalue weighted by atomic mass is 9.99. The summed E-state index contributed by atoms with van der Waals surface area (Å²) in [7, 11) is 0. The molecule has 0 bridgehead atoms. The Hall–Kier alpha value is -1.59. The molecule has 0 aliphatic rings. The minimum Gasteiger partial charge on any atom is -0.462 e. The summed E-state index contributed by atoms with van der Waals surface area (Å²) in [5, 5.41) is 0. The van der Waals surface area contributed by atoms with Crippen molar-refractivity contribution in [3.8, 4) is 0 Å². The highest BCUT2D eigenvalue weighted by molar-refractivity contribution is 5.71. The minimum absolute atomic E-state index is 0.0627. The normalized spacial score (nSPS) is 12.5. The molecule has 2 atom stereocenters. The van der Waals surface area contributed by atoms with Gasteiger partial charge in [0.25, 0.3) is 0 Å². The number of rotatable bonds is 53. The van der Waals surface area contributed by atoms with E-state index >= 15 is 0 Å². The van der Waals surface area contributed by atoms with Gasteiger partial charge in [-0.25, -0.2) is 0 Å². The lowest BCUT2D eigenvalue weighted by Gasteiger charge is -2.18. The zero-order valence-electron chi connectivity index (χ0n) is 44.6. The number of esters is 3. The highest BCUT2D eigenvalue weighted by atomic mass is 16.6. The van der Waals surface area contributed by atoms with Crippen LogP contribution in [0.5, 0.6) is 0 Å². The smallest absolute Gasteiger partial charge is 0.306 e. The van der Waals surface area contributed by atoms with Crippen molar-refractivity contribution in [1.29, 1.82) is 0 Å². The van der Waals surface area contributed by atoms with E-state index < -0.39 is 6.10 Å². The van der Waals surface area contributed by atoms with Gasteiger partial charge in [0.05, 0.1) is 0 Å². The molecule has 1 unspecified atom stereocenters.